The number of hydrogen-bond acceptors (Lipinski definition) is 3. The van der Waals surface area contributed by atoms with Crippen LogP contribution in [0.4, 0.5) is 0 Å². The second-order valence-electron chi connectivity index (χ2n) is 2.80. The molecule has 0 radical (unpaired) electrons. The summed E-state index contributed by atoms with van der Waals surface area (Å²) < 4.78 is 0. The van der Waals surface area contributed by atoms with Crippen LogP contribution >= 0.6 is 11.3 Å². The van der Waals surface area contributed by atoms with Gasteiger partial charge in [0.05, 0.1) is 16.6 Å². The highest BCUT2D eigenvalue weighted by molar-refractivity contribution is 7.09. The number of aromatic nitrogens is 1. The number of carboxylic acid groups (broad SMARTS) is 1. The molecule has 0 amide bonds. The number of carbonyl (C=O) groups is 1. The molecule has 4 heteroatoms. The maximum Gasteiger partial charge on any atom is 0.306 e. The monoisotopic (exact) mass is 185 g/mol. The fourth-order valence-electron chi connectivity index (χ4n) is 0.903. The largest absolute Gasteiger partial charge is 0.481 e. The molecule has 3 nitrogen and oxygen atoms in total. The molecule has 0 aliphatic heterocycles. The molecule has 1 rings (SSSR count). The molecule has 1 aromatic rings. The van der Waals surface area contributed by atoms with E-state index in [2.05, 4.69) is 4.98 Å². The molecule has 0 aliphatic rings. The summed E-state index contributed by atoms with van der Waals surface area (Å²) in [6.07, 6.45) is 0.527. The Hall–Kier alpha value is -0.900. The quantitative estimate of drug-likeness (QED) is 0.780. The molecule has 0 aromatic carbocycles. The van der Waals surface area contributed by atoms with Gasteiger partial charge >= 0.3 is 5.97 Å². The fourth-order valence-corrected chi connectivity index (χ4v) is 1.53. The van der Waals surface area contributed by atoms with Crippen LogP contribution in [0.15, 0.2) is 5.38 Å². The van der Waals surface area contributed by atoms with Gasteiger partial charge in [-0.15, -0.1) is 11.3 Å². The van der Waals surface area contributed by atoms with Crippen molar-refractivity contribution in [1.29, 1.82) is 0 Å². The highest BCUT2D eigenvalue weighted by Crippen LogP contribution is 2.12. The minimum absolute atomic E-state index is 0.341. The molecule has 0 spiro atoms. The van der Waals surface area contributed by atoms with E-state index in [1.54, 1.807) is 18.3 Å². The van der Waals surface area contributed by atoms with Crippen molar-refractivity contribution in [2.24, 2.45) is 5.92 Å². The van der Waals surface area contributed by atoms with Gasteiger partial charge in [-0.25, -0.2) is 4.98 Å². The van der Waals surface area contributed by atoms with E-state index in [4.69, 9.17) is 5.11 Å². The molecule has 1 heterocycles. The second kappa shape index (κ2) is 3.67. The van der Waals surface area contributed by atoms with E-state index in [0.29, 0.717) is 6.42 Å². The van der Waals surface area contributed by atoms with Crippen LogP contribution in [0.25, 0.3) is 0 Å². The van der Waals surface area contributed by atoms with Gasteiger partial charge in [-0.3, -0.25) is 4.79 Å². The lowest BCUT2D eigenvalue weighted by atomic mass is 10.1. The lowest BCUT2D eigenvalue weighted by Gasteiger charge is -2.01. The summed E-state index contributed by atoms with van der Waals surface area (Å²) in [5.74, 6) is -1.10. The molecule has 1 aromatic heterocycles. The number of carboxylic acids is 1. The lowest BCUT2D eigenvalue weighted by Crippen LogP contribution is -2.12. The normalized spacial score (nSPS) is 12.8. The average Bonchev–Trinajstić information content (AvgIpc) is 2.35. The van der Waals surface area contributed by atoms with Gasteiger partial charge in [0.1, 0.15) is 0 Å². The predicted molar refractivity (Wildman–Crippen MR) is 47.4 cm³/mol. The first-order valence-corrected chi connectivity index (χ1v) is 4.61. The molecule has 66 valence electrons. The van der Waals surface area contributed by atoms with E-state index >= 15 is 0 Å². The number of aliphatic carboxylic acids is 1. The summed E-state index contributed by atoms with van der Waals surface area (Å²) >= 11 is 1.55. The van der Waals surface area contributed by atoms with Crippen LogP contribution in [0, 0.1) is 12.8 Å². The summed E-state index contributed by atoms with van der Waals surface area (Å²) in [5, 5.41) is 11.5. The molecule has 1 atom stereocenters. The van der Waals surface area contributed by atoms with E-state index in [0.717, 1.165) is 10.7 Å². The number of aryl methyl sites for hydroxylation is 1. The third-order valence-corrected chi connectivity index (χ3v) is 2.43. The summed E-state index contributed by atoms with van der Waals surface area (Å²) in [6.45, 7) is 3.61. The predicted octanol–water partition coefficient (Wildman–Crippen LogP) is 1.71. The van der Waals surface area contributed by atoms with Crippen LogP contribution in [0.2, 0.25) is 0 Å². The minimum atomic E-state index is -0.763. The smallest absolute Gasteiger partial charge is 0.306 e. The molecule has 12 heavy (non-hydrogen) atoms. The van der Waals surface area contributed by atoms with Gasteiger partial charge in [0.2, 0.25) is 0 Å². The Morgan fingerprint density at radius 1 is 1.83 bits per heavy atom. The van der Waals surface area contributed by atoms with Crippen LogP contribution in [0.1, 0.15) is 17.6 Å². The van der Waals surface area contributed by atoms with Crippen molar-refractivity contribution >= 4 is 17.3 Å². The third-order valence-electron chi connectivity index (χ3n) is 1.60. The molecule has 0 aliphatic carbocycles. The van der Waals surface area contributed by atoms with Crippen LogP contribution < -0.4 is 0 Å². The van der Waals surface area contributed by atoms with Crippen molar-refractivity contribution in [3.63, 3.8) is 0 Å². The lowest BCUT2D eigenvalue weighted by molar-refractivity contribution is -0.141. The number of rotatable bonds is 3. The first-order chi connectivity index (χ1) is 5.59. The van der Waals surface area contributed by atoms with Gasteiger partial charge in [-0.05, 0) is 6.92 Å². The Bertz CT molecular complexity index is 282. The topological polar surface area (TPSA) is 50.2 Å². The summed E-state index contributed by atoms with van der Waals surface area (Å²) in [7, 11) is 0. The Labute approximate surface area is 75.1 Å². The van der Waals surface area contributed by atoms with E-state index in [-0.39, 0.29) is 5.92 Å². The van der Waals surface area contributed by atoms with E-state index in [1.165, 1.54) is 0 Å². The zero-order chi connectivity index (χ0) is 9.14. The molecule has 0 saturated carbocycles. The molecule has 0 fully saturated rings. The summed E-state index contributed by atoms with van der Waals surface area (Å²) in [5.41, 5.74) is 0.882. The minimum Gasteiger partial charge on any atom is -0.481 e. The van der Waals surface area contributed by atoms with Crippen molar-refractivity contribution in [2.45, 2.75) is 20.3 Å². The molecule has 1 N–H and O–H groups in total. The second-order valence-corrected chi connectivity index (χ2v) is 3.86. The average molecular weight is 185 g/mol. The highest BCUT2D eigenvalue weighted by atomic mass is 32.1. The molecular weight excluding hydrogens is 174 g/mol. The van der Waals surface area contributed by atoms with Gasteiger partial charge in [0.25, 0.3) is 0 Å². The van der Waals surface area contributed by atoms with Crippen LogP contribution in [-0.4, -0.2) is 16.1 Å². The zero-order valence-electron chi connectivity index (χ0n) is 7.07. The van der Waals surface area contributed by atoms with Gasteiger partial charge < -0.3 is 5.11 Å². The number of hydrogen-bond donors (Lipinski definition) is 1. The number of thiazole rings is 1. The molecular formula is C8H11NO2S. The van der Waals surface area contributed by atoms with Crippen molar-refractivity contribution < 1.29 is 9.90 Å². The van der Waals surface area contributed by atoms with Crippen molar-refractivity contribution in [2.75, 3.05) is 0 Å². The standard InChI is InChI=1S/C8H11NO2S/c1-5(8(10)11)3-7-4-12-6(2)9-7/h4-5H,3H2,1-2H3,(H,10,11). The first kappa shape index (κ1) is 9.19. The first-order valence-electron chi connectivity index (χ1n) is 3.73. The molecule has 1 unspecified atom stereocenters. The van der Waals surface area contributed by atoms with Crippen LogP contribution in [0.3, 0.4) is 0 Å². The molecule has 0 bridgehead atoms. The van der Waals surface area contributed by atoms with Crippen molar-refractivity contribution in [3.8, 4) is 0 Å². The van der Waals surface area contributed by atoms with E-state index in [9.17, 15) is 4.79 Å². The van der Waals surface area contributed by atoms with E-state index in [1.807, 2.05) is 12.3 Å². The Morgan fingerprint density at radius 2 is 2.50 bits per heavy atom. The Morgan fingerprint density at radius 3 is 2.92 bits per heavy atom. The van der Waals surface area contributed by atoms with Crippen LogP contribution in [-0.2, 0) is 11.2 Å². The summed E-state index contributed by atoms with van der Waals surface area (Å²) in [6, 6.07) is 0. The van der Waals surface area contributed by atoms with Gasteiger partial charge in [0, 0.05) is 11.8 Å². The third kappa shape index (κ3) is 2.30. The SMILES string of the molecule is Cc1nc(CC(C)C(=O)O)cs1. The van der Waals surface area contributed by atoms with Crippen molar-refractivity contribution in [3.05, 3.63) is 16.1 Å². The van der Waals surface area contributed by atoms with Crippen LogP contribution in [0.5, 0.6) is 0 Å². The van der Waals surface area contributed by atoms with Gasteiger partial charge in [-0.2, -0.15) is 0 Å². The summed E-state index contributed by atoms with van der Waals surface area (Å²) in [4.78, 5) is 14.7. The zero-order valence-corrected chi connectivity index (χ0v) is 7.89. The van der Waals surface area contributed by atoms with Gasteiger partial charge in [-0.1, -0.05) is 6.92 Å². The Balaban J connectivity index is 2.58. The Kier molecular flexibility index (Phi) is 2.81. The highest BCUT2D eigenvalue weighted by Gasteiger charge is 2.12. The maximum atomic E-state index is 10.5. The van der Waals surface area contributed by atoms with E-state index < -0.39 is 5.97 Å². The van der Waals surface area contributed by atoms with Crippen molar-refractivity contribution in [1.82, 2.24) is 4.98 Å². The van der Waals surface area contributed by atoms with Gasteiger partial charge in [0.15, 0.2) is 0 Å². The maximum absolute atomic E-state index is 10.5. The fraction of sp³-hybridized carbons (Fsp3) is 0.500. The molecule has 0 saturated heterocycles. The number of nitrogens with zero attached hydrogens (tertiary/aromatic N) is 1.